The van der Waals surface area contributed by atoms with Gasteiger partial charge in [0.05, 0.1) is 0 Å². The Hall–Kier alpha value is -4.66. The Morgan fingerprint density at radius 1 is 0.342 bits per heavy atom. The van der Waals surface area contributed by atoms with Gasteiger partial charge in [-0.2, -0.15) is 0 Å². The van der Waals surface area contributed by atoms with E-state index in [0.29, 0.717) is 0 Å². The van der Waals surface area contributed by atoms with Gasteiger partial charge in [0.1, 0.15) is 0 Å². The first-order valence-corrected chi connectivity index (χ1v) is 15.1. The molecule has 0 aliphatic carbocycles. The Kier molecular flexibility index (Phi) is 5.53. The van der Waals surface area contributed by atoms with Crippen molar-refractivity contribution in [2.45, 2.75) is 0 Å². The molecule has 2 heteroatoms. The van der Waals surface area contributed by atoms with Gasteiger partial charge in [0.15, 0.2) is 8.07 Å². The molecule has 0 spiro atoms. The Labute approximate surface area is 224 Å². The molecule has 0 fully saturated rings. The molecule has 0 aliphatic rings. The molecule has 1 N–H and O–H groups in total. The summed E-state index contributed by atoms with van der Waals surface area (Å²) < 4.78 is 0. The van der Waals surface area contributed by atoms with E-state index in [2.05, 4.69) is 163 Å². The molecule has 0 unspecified atom stereocenters. The summed E-state index contributed by atoms with van der Waals surface area (Å²) in [6, 6.07) is 57.9. The summed E-state index contributed by atoms with van der Waals surface area (Å²) in [6.07, 6.45) is 0. The quantitative estimate of drug-likeness (QED) is 0.209. The Bertz CT molecular complexity index is 1800. The molecule has 0 atom stereocenters. The number of H-pyrrole nitrogens is 1. The molecule has 7 aromatic rings. The van der Waals surface area contributed by atoms with Crippen molar-refractivity contribution in [1.29, 1.82) is 0 Å². The van der Waals surface area contributed by atoms with Gasteiger partial charge < -0.3 is 4.98 Å². The van der Waals surface area contributed by atoms with E-state index in [1.807, 2.05) is 0 Å². The minimum absolute atomic E-state index is 1.18. The van der Waals surface area contributed by atoms with Crippen molar-refractivity contribution in [3.05, 3.63) is 158 Å². The van der Waals surface area contributed by atoms with Crippen molar-refractivity contribution in [3.63, 3.8) is 0 Å². The van der Waals surface area contributed by atoms with Gasteiger partial charge in [-0.3, -0.25) is 0 Å². The average Bonchev–Trinajstić information content (AvgIpc) is 3.38. The van der Waals surface area contributed by atoms with Gasteiger partial charge in [0, 0.05) is 21.8 Å². The minimum atomic E-state index is -2.62. The number of hydrogen-bond donors (Lipinski definition) is 1. The molecule has 1 nitrogen and oxygen atoms in total. The summed E-state index contributed by atoms with van der Waals surface area (Å²) in [5.74, 6) is 0. The number of fused-ring (bicyclic) bond motifs is 3. The van der Waals surface area contributed by atoms with Crippen LogP contribution in [0.4, 0.5) is 0 Å². The number of aromatic nitrogens is 1. The van der Waals surface area contributed by atoms with Gasteiger partial charge in [0.2, 0.25) is 0 Å². The highest BCUT2D eigenvalue weighted by atomic mass is 28.3. The van der Waals surface area contributed by atoms with Crippen molar-refractivity contribution in [3.8, 4) is 11.1 Å². The van der Waals surface area contributed by atoms with E-state index in [4.69, 9.17) is 0 Å². The van der Waals surface area contributed by atoms with Gasteiger partial charge in [-0.25, -0.2) is 0 Å². The van der Waals surface area contributed by atoms with Crippen LogP contribution in [-0.2, 0) is 0 Å². The standard InChI is InChI=1S/C36H27NSi/c1-4-12-27(13-5-1)28-20-22-31(23-21-28)38(29-14-6-2-7-15-29,30-16-8-3-9-17-30)32-24-25-36-34(26-32)33-18-10-11-19-35(33)37-36/h1-26,37H. The third-order valence-corrected chi connectivity index (χ3v) is 12.6. The molecule has 0 radical (unpaired) electrons. The monoisotopic (exact) mass is 501 g/mol. The lowest BCUT2D eigenvalue weighted by Gasteiger charge is -2.34. The molecular formula is C36H27NSi. The topological polar surface area (TPSA) is 15.8 Å². The van der Waals surface area contributed by atoms with Crippen LogP contribution in [-0.4, -0.2) is 13.1 Å². The number of benzene rings is 6. The van der Waals surface area contributed by atoms with Crippen molar-refractivity contribution >= 4 is 50.6 Å². The van der Waals surface area contributed by atoms with Crippen LogP contribution in [0.3, 0.4) is 0 Å². The number of aromatic amines is 1. The first kappa shape index (κ1) is 22.5. The van der Waals surface area contributed by atoms with Crippen molar-refractivity contribution in [2.24, 2.45) is 0 Å². The summed E-state index contributed by atoms with van der Waals surface area (Å²) in [7, 11) is -2.62. The minimum Gasteiger partial charge on any atom is -0.355 e. The predicted octanol–water partition coefficient (Wildman–Crippen LogP) is 6.37. The van der Waals surface area contributed by atoms with Crippen LogP contribution >= 0.6 is 0 Å². The van der Waals surface area contributed by atoms with Crippen molar-refractivity contribution in [1.82, 2.24) is 4.98 Å². The second-order valence-electron chi connectivity index (χ2n) is 9.86. The summed E-state index contributed by atoms with van der Waals surface area (Å²) >= 11 is 0. The number of rotatable bonds is 5. The summed E-state index contributed by atoms with van der Waals surface area (Å²) in [4.78, 5) is 3.62. The van der Waals surface area contributed by atoms with Crippen LogP contribution in [0.2, 0.25) is 0 Å². The summed E-state index contributed by atoms with van der Waals surface area (Å²) in [5.41, 5.74) is 4.84. The van der Waals surface area contributed by atoms with Crippen LogP contribution in [0.25, 0.3) is 32.9 Å². The Morgan fingerprint density at radius 2 is 0.816 bits per heavy atom. The lowest BCUT2D eigenvalue weighted by molar-refractivity contribution is 1.55. The smallest absolute Gasteiger partial charge is 0.179 e. The molecule has 6 aromatic carbocycles. The maximum atomic E-state index is 3.62. The molecule has 180 valence electrons. The van der Waals surface area contributed by atoms with Gasteiger partial charge in [-0.15, -0.1) is 0 Å². The lowest BCUT2D eigenvalue weighted by atomic mass is 10.1. The first-order valence-electron chi connectivity index (χ1n) is 13.1. The summed E-state index contributed by atoms with van der Waals surface area (Å²) in [6.45, 7) is 0. The maximum absolute atomic E-state index is 3.62. The van der Waals surface area contributed by atoms with E-state index in [1.165, 1.54) is 53.7 Å². The van der Waals surface area contributed by atoms with E-state index >= 15 is 0 Å². The average molecular weight is 502 g/mol. The Balaban J connectivity index is 1.54. The van der Waals surface area contributed by atoms with E-state index in [0.717, 1.165) is 0 Å². The molecule has 1 aromatic heterocycles. The second-order valence-corrected chi connectivity index (χ2v) is 13.7. The van der Waals surface area contributed by atoms with E-state index < -0.39 is 8.07 Å². The fourth-order valence-corrected chi connectivity index (χ4v) is 10.7. The first-order chi connectivity index (χ1) is 18.8. The fourth-order valence-electron chi connectivity index (χ4n) is 6.00. The third kappa shape index (κ3) is 3.61. The zero-order valence-corrected chi connectivity index (χ0v) is 22.0. The zero-order chi connectivity index (χ0) is 25.4. The molecule has 0 aliphatic heterocycles. The van der Waals surface area contributed by atoms with Gasteiger partial charge in [0.25, 0.3) is 0 Å². The van der Waals surface area contributed by atoms with Gasteiger partial charge in [-0.1, -0.05) is 146 Å². The molecule has 38 heavy (non-hydrogen) atoms. The van der Waals surface area contributed by atoms with Crippen LogP contribution in [0.15, 0.2) is 158 Å². The lowest BCUT2D eigenvalue weighted by Crippen LogP contribution is -2.74. The Morgan fingerprint density at radius 3 is 1.47 bits per heavy atom. The largest absolute Gasteiger partial charge is 0.355 e. The number of hydrogen-bond acceptors (Lipinski definition) is 0. The zero-order valence-electron chi connectivity index (χ0n) is 21.0. The SMILES string of the molecule is c1ccc(-c2ccc([Si](c3ccccc3)(c3ccccc3)c3ccc4[nH]c5ccccc5c4c3)cc2)cc1. The second kappa shape index (κ2) is 9.33. The normalized spacial score (nSPS) is 11.7. The highest BCUT2D eigenvalue weighted by molar-refractivity contribution is 7.20. The molecule has 0 saturated carbocycles. The van der Waals surface area contributed by atoms with Crippen LogP contribution in [0.1, 0.15) is 0 Å². The van der Waals surface area contributed by atoms with Crippen molar-refractivity contribution < 1.29 is 0 Å². The number of para-hydroxylation sites is 1. The molecule has 0 saturated heterocycles. The highest BCUT2D eigenvalue weighted by Crippen LogP contribution is 2.25. The van der Waals surface area contributed by atoms with Gasteiger partial charge >= 0.3 is 0 Å². The summed E-state index contributed by atoms with van der Waals surface area (Å²) in [5, 5.41) is 8.10. The van der Waals surface area contributed by atoms with Crippen LogP contribution < -0.4 is 20.7 Å². The van der Waals surface area contributed by atoms with Crippen LogP contribution in [0, 0.1) is 0 Å². The molecule has 0 bridgehead atoms. The molecular weight excluding hydrogens is 474 g/mol. The third-order valence-electron chi connectivity index (χ3n) is 7.78. The molecule has 0 amide bonds. The van der Waals surface area contributed by atoms with Crippen molar-refractivity contribution in [2.75, 3.05) is 0 Å². The van der Waals surface area contributed by atoms with E-state index in [9.17, 15) is 0 Å². The van der Waals surface area contributed by atoms with E-state index in [-0.39, 0.29) is 0 Å². The van der Waals surface area contributed by atoms with Gasteiger partial charge in [-0.05, 0) is 44.0 Å². The highest BCUT2D eigenvalue weighted by Gasteiger charge is 2.41. The predicted molar refractivity (Wildman–Crippen MR) is 165 cm³/mol. The van der Waals surface area contributed by atoms with E-state index in [1.54, 1.807) is 0 Å². The number of nitrogens with one attached hydrogen (secondary N) is 1. The fraction of sp³-hybridized carbons (Fsp3) is 0. The molecule has 7 rings (SSSR count). The molecule has 1 heterocycles. The van der Waals surface area contributed by atoms with Crippen LogP contribution in [0.5, 0.6) is 0 Å². The maximum Gasteiger partial charge on any atom is 0.179 e.